The van der Waals surface area contributed by atoms with Crippen LogP contribution < -0.4 is 15.5 Å². The molecule has 1 atom stereocenters. The van der Waals surface area contributed by atoms with Crippen LogP contribution in [0.15, 0.2) is 34.9 Å². The number of nitrogens with zero attached hydrogens (tertiary/aromatic N) is 2. The summed E-state index contributed by atoms with van der Waals surface area (Å²) < 4.78 is 4.92. The van der Waals surface area contributed by atoms with E-state index in [0.29, 0.717) is 24.0 Å². The van der Waals surface area contributed by atoms with Crippen LogP contribution in [0.3, 0.4) is 0 Å². The van der Waals surface area contributed by atoms with Gasteiger partial charge in [0.25, 0.3) is 0 Å². The van der Waals surface area contributed by atoms with E-state index in [2.05, 4.69) is 39.9 Å². The van der Waals surface area contributed by atoms with E-state index in [-0.39, 0.29) is 6.03 Å². The molecule has 22 heavy (non-hydrogen) atoms. The topological polar surface area (TPSA) is 70.4 Å². The zero-order chi connectivity index (χ0) is 15.5. The van der Waals surface area contributed by atoms with Gasteiger partial charge in [-0.05, 0) is 25.0 Å². The zero-order valence-corrected chi connectivity index (χ0v) is 12.8. The van der Waals surface area contributed by atoms with Gasteiger partial charge in [-0.1, -0.05) is 23.4 Å². The Morgan fingerprint density at radius 3 is 3.05 bits per heavy atom. The molecule has 0 saturated heterocycles. The molecule has 6 nitrogen and oxygen atoms in total. The van der Waals surface area contributed by atoms with Gasteiger partial charge in [-0.3, -0.25) is 5.32 Å². The highest BCUT2D eigenvalue weighted by Crippen LogP contribution is 2.33. The molecule has 0 bridgehead atoms. The Kier molecular flexibility index (Phi) is 4.00. The molecule has 1 aromatic carbocycles. The van der Waals surface area contributed by atoms with Gasteiger partial charge in [-0.25, -0.2) is 4.79 Å². The Hall–Kier alpha value is -2.50. The van der Waals surface area contributed by atoms with E-state index >= 15 is 0 Å². The maximum absolute atomic E-state index is 11.9. The molecular formula is C16H20N4O2. The quantitative estimate of drug-likeness (QED) is 0.914. The lowest BCUT2D eigenvalue weighted by molar-refractivity contribution is 0.251. The highest BCUT2D eigenvalue weighted by atomic mass is 16.5. The number of urea groups is 1. The first-order chi connectivity index (χ1) is 10.6. The molecule has 0 saturated carbocycles. The number of hydrogen-bond acceptors (Lipinski definition) is 4. The minimum atomic E-state index is -0.260. The van der Waals surface area contributed by atoms with Crippen molar-refractivity contribution in [1.82, 2.24) is 10.5 Å². The third kappa shape index (κ3) is 3.05. The van der Waals surface area contributed by atoms with Crippen molar-refractivity contribution in [2.75, 3.05) is 30.4 Å². The van der Waals surface area contributed by atoms with Gasteiger partial charge in [0, 0.05) is 37.8 Å². The Morgan fingerprint density at radius 2 is 2.27 bits per heavy atom. The Labute approximate surface area is 129 Å². The first kappa shape index (κ1) is 14.4. The molecule has 0 radical (unpaired) electrons. The molecule has 2 N–H and O–H groups in total. The molecule has 0 unspecified atom stereocenters. The lowest BCUT2D eigenvalue weighted by Crippen LogP contribution is -2.36. The molecule has 1 aliphatic rings. The van der Waals surface area contributed by atoms with Crippen molar-refractivity contribution in [1.29, 1.82) is 0 Å². The summed E-state index contributed by atoms with van der Waals surface area (Å²) in [4.78, 5) is 14.2. The van der Waals surface area contributed by atoms with Gasteiger partial charge in [-0.2, -0.15) is 0 Å². The molecule has 0 spiro atoms. The molecule has 1 aromatic heterocycles. The van der Waals surface area contributed by atoms with Crippen LogP contribution in [0.1, 0.15) is 23.7 Å². The highest BCUT2D eigenvalue weighted by Gasteiger charge is 2.23. The number of benzene rings is 1. The average molecular weight is 300 g/mol. The van der Waals surface area contributed by atoms with E-state index in [4.69, 9.17) is 4.52 Å². The number of aryl methyl sites for hydroxylation is 1. The van der Waals surface area contributed by atoms with Gasteiger partial charge in [-0.15, -0.1) is 0 Å². The van der Waals surface area contributed by atoms with E-state index in [9.17, 15) is 4.79 Å². The number of amides is 2. The second kappa shape index (κ2) is 6.09. The van der Waals surface area contributed by atoms with Gasteiger partial charge >= 0.3 is 6.03 Å². The van der Waals surface area contributed by atoms with Crippen molar-refractivity contribution in [3.63, 3.8) is 0 Å². The lowest BCUT2D eigenvalue weighted by atomic mass is 9.90. The first-order valence-electron chi connectivity index (χ1n) is 7.41. The maximum atomic E-state index is 11.9. The van der Waals surface area contributed by atoms with E-state index in [1.54, 1.807) is 13.0 Å². The number of anilines is 2. The summed E-state index contributed by atoms with van der Waals surface area (Å²) in [6.45, 7) is 3.38. The van der Waals surface area contributed by atoms with Crippen LogP contribution in [0, 0.1) is 6.92 Å². The fraction of sp³-hybridized carbons (Fsp3) is 0.375. The molecule has 2 amide bonds. The minimum Gasteiger partial charge on any atom is -0.374 e. The van der Waals surface area contributed by atoms with Crippen LogP contribution >= 0.6 is 0 Å². The number of hydrogen-bond donors (Lipinski definition) is 2. The number of rotatable bonds is 3. The van der Waals surface area contributed by atoms with E-state index in [0.717, 1.165) is 13.0 Å². The fourth-order valence-electron chi connectivity index (χ4n) is 2.82. The Morgan fingerprint density at radius 1 is 1.45 bits per heavy atom. The van der Waals surface area contributed by atoms with Gasteiger partial charge in [0.2, 0.25) is 0 Å². The number of fused-ring (bicyclic) bond motifs is 1. The molecule has 3 rings (SSSR count). The summed E-state index contributed by atoms with van der Waals surface area (Å²) >= 11 is 0. The van der Waals surface area contributed by atoms with Crippen molar-refractivity contribution in [3.8, 4) is 0 Å². The van der Waals surface area contributed by atoms with Crippen molar-refractivity contribution in [2.45, 2.75) is 19.3 Å². The summed E-state index contributed by atoms with van der Waals surface area (Å²) in [6, 6.07) is 9.78. The van der Waals surface area contributed by atoms with Crippen molar-refractivity contribution in [2.24, 2.45) is 0 Å². The summed E-state index contributed by atoms with van der Waals surface area (Å²) in [5, 5.41) is 9.33. The fourth-order valence-corrected chi connectivity index (χ4v) is 2.82. The Bertz CT molecular complexity index is 668. The summed E-state index contributed by atoms with van der Waals surface area (Å²) in [7, 11) is 2.10. The number of carbonyl (C=O) groups is 1. The molecule has 2 aromatic rings. The number of carbonyl (C=O) groups excluding carboxylic acids is 1. The van der Waals surface area contributed by atoms with E-state index in [1.165, 1.54) is 11.3 Å². The standard InChI is InChI=1S/C16H20N4O2/c1-11-9-15(19-22-11)18-16(21)17-10-12-7-8-20(2)14-6-4-3-5-13(12)14/h3-6,9,12H,7-8,10H2,1-2H3,(H2,17,18,19,21)/t12-/m0/s1. The van der Waals surface area contributed by atoms with Crippen molar-refractivity contribution < 1.29 is 9.32 Å². The third-order valence-electron chi connectivity index (χ3n) is 3.98. The molecule has 6 heteroatoms. The highest BCUT2D eigenvalue weighted by molar-refractivity contribution is 5.88. The van der Waals surface area contributed by atoms with Crippen LogP contribution in [-0.4, -0.2) is 31.3 Å². The first-order valence-corrected chi connectivity index (χ1v) is 7.41. The van der Waals surface area contributed by atoms with E-state index in [1.807, 2.05) is 12.1 Å². The average Bonchev–Trinajstić information content (AvgIpc) is 2.92. The molecule has 0 fully saturated rings. The maximum Gasteiger partial charge on any atom is 0.320 e. The molecular weight excluding hydrogens is 280 g/mol. The molecule has 0 aliphatic carbocycles. The second-order valence-corrected chi connectivity index (χ2v) is 5.62. The van der Waals surface area contributed by atoms with Crippen LogP contribution in [-0.2, 0) is 0 Å². The van der Waals surface area contributed by atoms with Gasteiger partial charge in [0.1, 0.15) is 5.76 Å². The minimum absolute atomic E-state index is 0.260. The summed E-state index contributed by atoms with van der Waals surface area (Å²) in [5.41, 5.74) is 2.53. The van der Waals surface area contributed by atoms with Gasteiger partial charge < -0.3 is 14.7 Å². The van der Waals surface area contributed by atoms with E-state index < -0.39 is 0 Å². The molecule has 2 heterocycles. The van der Waals surface area contributed by atoms with Gasteiger partial charge in [0.15, 0.2) is 5.82 Å². The molecule has 116 valence electrons. The van der Waals surface area contributed by atoms with Crippen molar-refractivity contribution >= 4 is 17.5 Å². The summed E-state index contributed by atoms with van der Waals surface area (Å²) in [5.74, 6) is 1.43. The van der Waals surface area contributed by atoms with Crippen molar-refractivity contribution in [3.05, 3.63) is 41.7 Å². The Balaban J connectivity index is 1.60. The number of aromatic nitrogens is 1. The number of para-hydroxylation sites is 1. The predicted octanol–water partition coefficient (Wildman–Crippen LogP) is 2.73. The third-order valence-corrected chi connectivity index (χ3v) is 3.98. The summed E-state index contributed by atoms with van der Waals surface area (Å²) in [6.07, 6.45) is 1.02. The lowest BCUT2D eigenvalue weighted by Gasteiger charge is -2.33. The van der Waals surface area contributed by atoms with Crippen LogP contribution in [0.5, 0.6) is 0 Å². The molecule has 1 aliphatic heterocycles. The van der Waals surface area contributed by atoms with Crippen LogP contribution in [0.2, 0.25) is 0 Å². The largest absolute Gasteiger partial charge is 0.374 e. The second-order valence-electron chi connectivity index (χ2n) is 5.62. The smallest absolute Gasteiger partial charge is 0.320 e. The predicted molar refractivity (Wildman–Crippen MR) is 85.3 cm³/mol. The normalized spacial score (nSPS) is 17.0. The zero-order valence-electron chi connectivity index (χ0n) is 12.8. The number of nitrogens with one attached hydrogen (secondary N) is 2. The monoisotopic (exact) mass is 300 g/mol. The SMILES string of the molecule is Cc1cc(NC(=O)NC[C@@H]2CCN(C)c3ccccc32)no1. The van der Waals surface area contributed by atoms with Gasteiger partial charge in [0.05, 0.1) is 0 Å². The van der Waals surface area contributed by atoms with Crippen LogP contribution in [0.25, 0.3) is 0 Å². The van der Waals surface area contributed by atoms with Crippen LogP contribution in [0.4, 0.5) is 16.3 Å².